The molecule has 0 fully saturated rings. The van der Waals surface area contributed by atoms with Gasteiger partial charge in [-0.2, -0.15) is 0 Å². The Morgan fingerprint density at radius 2 is 1.84 bits per heavy atom. The zero-order chi connectivity index (χ0) is 22.5. The van der Waals surface area contributed by atoms with Gasteiger partial charge in [-0.05, 0) is 48.0 Å². The highest BCUT2D eigenvalue weighted by Crippen LogP contribution is 2.28. The van der Waals surface area contributed by atoms with Crippen LogP contribution in [0.4, 0.5) is 5.69 Å². The molecule has 0 aliphatic heterocycles. The van der Waals surface area contributed by atoms with E-state index < -0.39 is 0 Å². The molecule has 2 aromatic heterocycles. The molecular formula is C23H20ClN5O2S. The molecule has 2 aromatic carbocycles. The largest absolute Gasteiger partial charge is 0.495 e. The number of hydrogen-bond donors (Lipinski definition) is 1. The van der Waals surface area contributed by atoms with Gasteiger partial charge < -0.3 is 14.6 Å². The number of amides is 1. The number of anilines is 1. The summed E-state index contributed by atoms with van der Waals surface area (Å²) < 4.78 is 7.24. The van der Waals surface area contributed by atoms with Gasteiger partial charge in [0.1, 0.15) is 5.75 Å². The molecule has 0 saturated heterocycles. The molecule has 162 valence electrons. The van der Waals surface area contributed by atoms with Crippen molar-refractivity contribution in [3.63, 3.8) is 0 Å². The molecule has 1 amide bonds. The number of thioether (sulfide) groups is 1. The molecular weight excluding hydrogens is 446 g/mol. The molecule has 9 heteroatoms. The quantitative estimate of drug-likeness (QED) is 0.383. The topological polar surface area (TPSA) is 81.9 Å². The number of hydrogen-bond acceptors (Lipinski definition) is 6. The van der Waals surface area contributed by atoms with E-state index in [9.17, 15) is 4.79 Å². The molecule has 0 saturated carbocycles. The molecule has 4 rings (SSSR count). The molecule has 2 heterocycles. The number of pyridine rings is 1. The van der Waals surface area contributed by atoms with Gasteiger partial charge >= 0.3 is 0 Å². The minimum Gasteiger partial charge on any atom is -0.495 e. The number of ether oxygens (including phenoxy) is 1. The summed E-state index contributed by atoms with van der Waals surface area (Å²) in [5, 5.41) is 12.8. The second-order valence-electron chi connectivity index (χ2n) is 6.89. The third-order valence-electron chi connectivity index (χ3n) is 4.77. The fourth-order valence-electron chi connectivity index (χ4n) is 3.07. The smallest absolute Gasteiger partial charge is 0.255 e. The zero-order valence-corrected chi connectivity index (χ0v) is 19.0. The maximum absolute atomic E-state index is 12.6. The van der Waals surface area contributed by atoms with Crippen LogP contribution < -0.4 is 10.1 Å². The summed E-state index contributed by atoms with van der Waals surface area (Å²) in [5.74, 6) is 1.80. The number of halogens is 1. The molecule has 0 spiro atoms. The first kappa shape index (κ1) is 21.9. The van der Waals surface area contributed by atoms with Gasteiger partial charge in [0.05, 0.1) is 12.8 Å². The zero-order valence-electron chi connectivity index (χ0n) is 17.4. The molecule has 0 atom stereocenters. The SMILES string of the molecule is COc1ccc(Cl)cc1NC(=O)c1ccc(CSc2nnc(-c3ccncc3)n2C)cc1. The van der Waals surface area contributed by atoms with Gasteiger partial charge in [-0.3, -0.25) is 9.78 Å². The van der Waals surface area contributed by atoms with Crippen molar-refractivity contribution in [1.82, 2.24) is 19.7 Å². The van der Waals surface area contributed by atoms with E-state index in [0.717, 1.165) is 22.1 Å². The van der Waals surface area contributed by atoms with E-state index in [-0.39, 0.29) is 5.91 Å². The number of rotatable bonds is 7. The molecule has 7 nitrogen and oxygen atoms in total. The fraction of sp³-hybridized carbons (Fsp3) is 0.130. The van der Waals surface area contributed by atoms with Crippen LogP contribution >= 0.6 is 23.4 Å². The third kappa shape index (κ3) is 4.92. The van der Waals surface area contributed by atoms with E-state index in [1.807, 2.05) is 35.9 Å². The van der Waals surface area contributed by atoms with Crippen LogP contribution in [-0.2, 0) is 12.8 Å². The molecule has 0 unspecified atom stereocenters. The van der Waals surface area contributed by atoms with Gasteiger partial charge in [-0.25, -0.2) is 0 Å². The van der Waals surface area contributed by atoms with E-state index >= 15 is 0 Å². The second kappa shape index (κ2) is 9.84. The number of methoxy groups -OCH3 is 1. The van der Waals surface area contributed by atoms with Crippen LogP contribution in [0.1, 0.15) is 15.9 Å². The average Bonchev–Trinajstić information content (AvgIpc) is 3.19. The highest BCUT2D eigenvalue weighted by Gasteiger charge is 2.13. The van der Waals surface area contributed by atoms with Crippen LogP contribution in [-0.4, -0.2) is 32.8 Å². The summed E-state index contributed by atoms with van der Waals surface area (Å²) in [6.45, 7) is 0. The second-order valence-corrected chi connectivity index (χ2v) is 8.26. The minimum atomic E-state index is -0.236. The molecule has 0 aliphatic carbocycles. The first-order valence-electron chi connectivity index (χ1n) is 9.71. The molecule has 1 N–H and O–H groups in total. The summed E-state index contributed by atoms with van der Waals surface area (Å²) in [5.41, 5.74) is 3.10. The Hall–Kier alpha value is -3.36. The first-order valence-corrected chi connectivity index (χ1v) is 11.1. The molecule has 32 heavy (non-hydrogen) atoms. The summed E-state index contributed by atoms with van der Waals surface area (Å²) >= 11 is 7.61. The normalized spacial score (nSPS) is 10.7. The lowest BCUT2D eigenvalue weighted by Gasteiger charge is -2.11. The maximum atomic E-state index is 12.6. The van der Waals surface area contributed by atoms with Gasteiger partial charge in [0, 0.05) is 41.3 Å². The van der Waals surface area contributed by atoms with Crippen molar-refractivity contribution in [3.8, 4) is 17.1 Å². The maximum Gasteiger partial charge on any atom is 0.255 e. The Kier molecular flexibility index (Phi) is 6.72. The Morgan fingerprint density at radius 1 is 1.09 bits per heavy atom. The molecule has 4 aromatic rings. The van der Waals surface area contributed by atoms with E-state index in [1.165, 1.54) is 0 Å². The van der Waals surface area contributed by atoms with Gasteiger partial charge in [-0.15, -0.1) is 10.2 Å². The van der Waals surface area contributed by atoms with Crippen LogP contribution in [0.2, 0.25) is 5.02 Å². The predicted molar refractivity (Wildman–Crippen MR) is 126 cm³/mol. The Labute approximate surface area is 194 Å². The summed E-state index contributed by atoms with van der Waals surface area (Å²) in [6, 6.07) is 16.3. The Balaban J connectivity index is 1.40. The number of carbonyl (C=O) groups is 1. The van der Waals surface area contributed by atoms with Gasteiger partial charge in [-0.1, -0.05) is 35.5 Å². The number of carbonyl (C=O) groups excluding carboxylic acids is 1. The van der Waals surface area contributed by atoms with E-state index in [4.69, 9.17) is 16.3 Å². The lowest BCUT2D eigenvalue weighted by Crippen LogP contribution is -2.12. The molecule has 0 bridgehead atoms. The Bertz CT molecular complexity index is 1230. The van der Waals surface area contributed by atoms with Crippen LogP contribution in [0.25, 0.3) is 11.4 Å². The molecule has 0 radical (unpaired) electrons. The third-order valence-corrected chi connectivity index (χ3v) is 6.09. The highest BCUT2D eigenvalue weighted by molar-refractivity contribution is 7.98. The van der Waals surface area contributed by atoms with Gasteiger partial charge in [0.25, 0.3) is 5.91 Å². The number of aromatic nitrogens is 4. The van der Waals surface area contributed by atoms with Crippen molar-refractivity contribution in [2.75, 3.05) is 12.4 Å². The molecule has 0 aliphatic rings. The van der Waals surface area contributed by atoms with Crippen molar-refractivity contribution in [2.45, 2.75) is 10.9 Å². The van der Waals surface area contributed by atoms with Gasteiger partial charge in [0.2, 0.25) is 0 Å². The van der Waals surface area contributed by atoms with Gasteiger partial charge in [0.15, 0.2) is 11.0 Å². The fourth-order valence-corrected chi connectivity index (χ4v) is 4.10. The van der Waals surface area contributed by atoms with Crippen LogP contribution in [0.3, 0.4) is 0 Å². The number of nitrogens with zero attached hydrogens (tertiary/aromatic N) is 4. The summed E-state index contributed by atoms with van der Waals surface area (Å²) in [7, 11) is 3.48. The highest BCUT2D eigenvalue weighted by atomic mass is 35.5. The van der Waals surface area contributed by atoms with E-state index in [1.54, 1.807) is 61.6 Å². The van der Waals surface area contributed by atoms with Crippen molar-refractivity contribution >= 4 is 35.0 Å². The van der Waals surface area contributed by atoms with Crippen LogP contribution in [0.5, 0.6) is 5.75 Å². The standard InChI is InChI=1S/C23H20ClN5O2S/c1-29-21(16-9-11-25-12-10-16)27-28-23(29)32-14-15-3-5-17(6-4-15)22(30)26-19-13-18(24)7-8-20(19)31-2/h3-13H,14H2,1-2H3,(H,26,30). The average molecular weight is 466 g/mol. The van der Waals surface area contributed by atoms with Crippen molar-refractivity contribution in [2.24, 2.45) is 7.05 Å². The van der Waals surface area contributed by atoms with Crippen LogP contribution in [0, 0.1) is 0 Å². The monoisotopic (exact) mass is 465 g/mol. The lowest BCUT2D eigenvalue weighted by atomic mass is 10.1. The number of benzene rings is 2. The Morgan fingerprint density at radius 3 is 2.56 bits per heavy atom. The van der Waals surface area contributed by atoms with E-state index in [0.29, 0.717) is 27.8 Å². The number of nitrogens with one attached hydrogen (secondary N) is 1. The summed E-state index contributed by atoms with van der Waals surface area (Å²) in [4.78, 5) is 16.7. The predicted octanol–water partition coefficient (Wildman–Crippen LogP) is 5.08. The van der Waals surface area contributed by atoms with E-state index in [2.05, 4.69) is 20.5 Å². The lowest BCUT2D eigenvalue weighted by molar-refractivity contribution is 0.102. The van der Waals surface area contributed by atoms with Crippen molar-refractivity contribution in [3.05, 3.63) is 83.1 Å². The van der Waals surface area contributed by atoms with Crippen LogP contribution in [0.15, 0.2) is 72.1 Å². The minimum absolute atomic E-state index is 0.236. The van der Waals surface area contributed by atoms with Crippen molar-refractivity contribution in [1.29, 1.82) is 0 Å². The van der Waals surface area contributed by atoms with Crippen molar-refractivity contribution < 1.29 is 9.53 Å². The first-order chi connectivity index (χ1) is 15.5. The summed E-state index contributed by atoms with van der Waals surface area (Å²) in [6.07, 6.45) is 3.47.